The van der Waals surface area contributed by atoms with Gasteiger partial charge in [0.25, 0.3) is 11.8 Å². The lowest BCUT2D eigenvalue weighted by atomic mass is 10.0. The summed E-state index contributed by atoms with van der Waals surface area (Å²) >= 11 is 6.26. The quantitative estimate of drug-likeness (QED) is 0.513. The molecule has 0 atom stereocenters. The average Bonchev–Trinajstić information content (AvgIpc) is 3.00. The first-order chi connectivity index (χ1) is 15.3. The van der Waals surface area contributed by atoms with Crippen molar-refractivity contribution in [3.63, 3.8) is 0 Å². The third-order valence-electron chi connectivity index (χ3n) is 5.59. The highest BCUT2D eigenvalue weighted by molar-refractivity contribution is 6.46. The Labute approximate surface area is 192 Å². The number of ether oxygens (including phenoxy) is 1. The summed E-state index contributed by atoms with van der Waals surface area (Å²) in [5, 5.41) is 3.53. The lowest BCUT2D eigenvalue weighted by molar-refractivity contribution is -0.120. The topological polar surface area (TPSA) is 58.6 Å². The molecule has 0 fully saturated rings. The summed E-state index contributed by atoms with van der Waals surface area (Å²) in [6.07, 6.45) is 0. The van der Waals surface area contributed by atoms with Crippen LogP contribution in [-0.4, -0.2) is 18.9 Å². The van der Waals surface area contributed by atoms with Gasteiger partial charge >= 0.3 is 0 Å². The van der Waals surface area contributed by atoms with Gasteiger partial charge in [-0.05, 0) is 67.8 Å². The lowest BCUT2D eigenvalue weighted by Gasteiger charge is -2.17. The van der Waals surface area contributed by atoms with Crippen LogP contribution in [0.15, 0.2) is 66.4 Å². The molecule has 0 spiro atoms. The molecule has 1 heterocycles. The molecule has 0 radical (unpaired) electrons. The number of amides is 2. The zero-order valence-electron chi connectivity index (χ0n) is 18.3. The first-order valence-electron chi connectivity index (χ1n) is 10.2. The van der Waals surface area contributed by atoms with Crippen LogP contribution in [0.25, 0.3) is 5.57 Å². The van der Waals surface area contributed by atoms with Gasteiger partial charge in [-0.1, -0.05) is 47.5 Å². The van der Waals surface area contributed by atoms with E-state index in [1.165, 1.54) is 12.0 Å². The van der Waals surface area contributed by atoms with Crippen LogP contribution in [0, 0.1) is 20.8 Å². The van der Waals surface area contributed by atoms with E-state index in [4.69, 9.17) is 16.3 Å². The lowest BCUT2D eigenvalue weighted by Crippen LogP contribution is -2.32. The van der Waals surface area contributed by atoms with Crippen LogP contribution in [0.2, 0.25) is 5.02 Å². The number of aryl methyl sites for hydroxylation is 3. The molecule has 0 bridgehead atoms. The molecule has 6 heteroatoms. The molecule has 3 aromatic rings. The Morgan fingerprint density at radius 2 is 1.56 bits per heavy atom. The highest BCUT2D eigenvalue weighted by Crippen LogP contribution is 2.35. The number of hydrogen-bond acceptors (Lipinski definition) is 4. The molecular formula is C26H23ClN2O3. The van der Waals surface area contributed by atoms with Gasteiger partial charge in [-0.15, -0.1) is 0 Å². The van der Waals surface area contributed by atoms with Crippen molar-refractivity contribution in [2.45, 2.75) is 20.8 Å². The number of carbonyl (C=O) groups is 2. The Balaban J connectivity index is 1.81. The third kappa shape index (κ3) is 3.87. The fourth-order valence-electron chi connectivity index (χ4n) is 3.62. The zero-order valence-corrected chi connectivity index (χ0v) is 19.1. The van der Waals surface area contributed by atoms with Crippen molar-refractivity contribution in [3.05, 3.63) is 93.6 Å². The maximum atomic E-state index is 13.5. The molecule has 32 heavy (non-hydrogen) atoms. The van der Waals surface area contributed by atoms with E-state index >= 15 is 0 Å². The molecule has 0 aromatic heterocycles. The largest absolute Gasteiger partial charge is 0.495 e. The van der Waals surface area contributed by atoms with Crippen molar-refractivity contribution < 1.29 is 14.3 Å². The number of carbonyl (C=O) groups excluding carboxylic acids is 2. The molecule has 1 N–H and O–H groups in total. The Kier molecular flexibility index (Phi) is 5.76. The molecule has 3 aromatic carbocycles. The van der Waals surface area contributed by atoms with Crippen LogP contribution in [0.3, 0.4) is 0 Å². The van der Waals surface area contributed by atoms with Crippen molar-refractivity contribution in [1.82, 2.24) is 0 Å². The maximum Gasteiger partial charge on any atom is 0.282 e. The monoisotopic (exact) mass is 446 g/mol. The number of nitrogens with zero attached hydrogens (tertiary/aromatic N) is 1. The fourth-order valence-corrected chi connectivity index (χ4v) is 3.88. The standard InChI is InChI=1S/C26H23ClN2O3/c1-15-5-8-18(9-6-15)23-24(28-19-10-12-22(32-4)21(27)14-19)26(31)29(25(23)30)20-11-7-16(2)17(3)13-20/h5-14,28H,1-4H3. The zero-order chi connectivity index (χ0) is 23.0. The van der Waals surface area contributed by atoms with E-state index in [1.54, 1.807) is 24.3 Å². The van der Waals surface area contributed by atoms with Crippen LogP contribution < -0.4 is 15.0 Å². The van der Waals surface area contributed by atoms with E-state index in [-0.39, 0.29) is 11.6 Å². The highest BCUT2D eigenvalue weighted by Gasteiger charge is 2.40. The minimum atomic E-state index is -0.416. The van der Waals surface area contributed by atoms with Crippen LogP contribution >= 0.6 is 11.6 Å². The van der Waals surface area contributed by atoms with Crippen molar-refractivity contribution in [1.29, 1.82) is 0 Å². The number of halogens is 1. The molecule has 1 aliphatic rings. The SMILES string of the molecule is COc1ccc(NC2=C(c3ccc(C)cc3)C(=O)N(c3ccc(C)c(C)c3)C2=O)cc1Cl. The summed E-state index contributed by atoms with van der Waals surface area (Å²) in [4.78, 5) is 28.2. The van der Waals surface area contributed by atoms with Crippen LogP contribution in [-0.2, 0) is 9.59 Å². The van der Waals surface area contributed by atoms with E-state index in [1.807, 2.05) is 57.2 Å². The minimum Gasteiger partial charge on any atom is -0.495 e. The van der Waals surface area contributed by atoms with Crippen molar-refractivity contribution in [2.75, 3.05) is 17.3 Å². The van der Waals surface area contributed by atoms with Crippen molar-refractivity contribution in [3.8, 4) is 5.75 Å². The highest BCUT2D eigenvalue weighted by atomic mass is 35.5. The van der Waals surface area contributed by atoms with Crippen LogP contribution in [0.4, 0.5) is 11.4 Å². The number of anilines is 2. The minimum absolute atomic E-state index is 0.207. The fraction of sp³-hybridized carbons (Fsp3) is 0.154. The molecule has 2 amide bonds. The third-order valence-corrected chi connectivity index (χ3v) is 5.89. The molecule has 0 aliphatic carbocycles. The Bertz CT molecular complexity index is 1260. The second-order valence-electron chi connectivity index (χ2n) is 7.80. The Hall–Kier alpha value is -3.57. The molecule has 0 saturated heterocycles. The molecule has 5 nitrogen and oxygen atoms in total. The Morgan fingerprint density at radius 1 is 0.844 bits per heavy atom. The normalized spacial score (nSPS) is 13.7. The number of hydrogen-bond donors (Lipinski definition) is 1. The number of rotatable bonds is 5. The van der Waals surface area contributed by atoms with Crippen molar-refractivity contribution in [2.24, 2.45) is 0 Å². The predicted octanol–water partition coefficient (Wildman–Crippen LogP) is 5.67. The summed E-state index contributed by atoms with van der Waals surface area (Å²) in [6, 6.07) is 18.2. The van der Waals surface area contributed by atoms with Gasteiger partial charge in [0.1, 0.15) is 11.4 Å². The summed E-state index contributed by atoms with van der Waals surface area (Å²) in [5.74, 6) is -0.263. The van der Waals surface area contributed by atoms with E-state index in [2.05, 4.69) is 5.32 Å². The number of imide groups is 1. The summed E-state index contributed by atoms with van der Waals surface area (Å²) in [7, 11) is 1.53. The number of methoxy groups -OCH3 is 1. The molecule has 0 unspecified atom stereocenters. The maximum absolute atomic E-state index is 13.5. The van der Waals surface area contributed by atoms with E-state index < -0.39 is 5.91 Å². The van der Waals surface area contributed by atoms with Crippen molar-refractivity contribution >= 4 is 40.4 Å². The van der Waals surface area contributed by atoms with E-state index in [0.29, 0.717) is 33.3 Å². The first kappa shape index (κ1) is 21.7. The summed E-state index contributed by atoms with van der Waals surface area (Å²) < 4.78 is 5.20. The van der Waals surface area contributed by atoms with Gasteiger partial charge in [0.05, 0.1) is 23.4 Å². The summed E-state index contributed by atoms with van der Waals surface area (Å²) in [5.41, 5.74) is 5.47. The van der Waals surface area contributed by atoms with Crippen LogP contribution in [0.1, 0.15) is 22.3 Å². The van der Waals surface area contributed by atoms with Gasteiger partial charge in [0.15, 0.2) is 0 Å². The summed E-state index contributed by atoms with van der Waals surface area (Å²) in [6.45, 7) is 5.92. The molecule has 4 rings (SSSR count). The first-order valence-corrected chi connectivity index (χ1v) is 10.6. The van der Waals surface area contributed by atoms with E-state index in [0.717, 1.165) is 16.7 Å². The van der Waals surface area contributed by atoms with Gasteiger partial charge in [-0.2, -0.15) is 0 Å². The predicted molar refractivity (Wildman–Crippen MR) is 128 cm³/mol. The smallest absolute Gasteiger partial charge is 0.282 e. The molecule has 1 aliphatic heterocycles. The molecule has 0 saturated carbocycles. The van der Waals surface area contributed by atoms with Gasteiger partial charge in [-0.25, -0.2) is 4.90 Å². The molecule has 162 valence electrons. The molecular weight excluding hydrogens is 424 g/mol. The van der Waals surface area contributed by atoms with Gasteiger partial charge in [-0.3, -0.25) is 9.59 Å². The van der Waals surface area contributed by atoms with Gasteiger partial charge < -0.3 is 10.1 Å². The Morgan fingerprint density at radius 3 is 2.19 bits per heavy atom. The second kappa shape index (κ2) is 8.52. The van der Waals surface area contributed by atoms with Gasteiger partial charge in [0.2, 0.25) is 0 Å². The average molecular weight is 447 g/mol. The van der Waals surface area contributed by atoms with Gasteiger partial charge in [0, 0.05) is 5.69 Å². The second-order valence-corrected chi connectivity index (χ2v) is 8.21. The number of benzene rings is 3. The number of nitrogens with one attached hydrogen (secondary N) is 1. The van der Waals surface area contributed by atoms with E-state index in [9.17, 15) is 9.59 Å². The van der Waals surface area contributed by atoms with Crippen LogP contribution in [0.5, 0.6) is 5.75 Å².